The maximum absolute atomic E-state index is 13.0. The lowest BCUT2D eigenvalue weighted by Gasteiger charge is -2.00. The molecule has 0 radical (unpaired) electrons. The van der Waals surface area contributed by atoms with Crippen molar-refractivity contribution in [1.29, 1.82) is 0 Å². The zero-order chi connectivity index (χ0) is 13.8. The average molecular weight is 295 g/mol. The molecule has 4 heteroatoms. The molecule has 2 rings (SSSR count). The Bertz CT molecular complexity index is 650. The number of halogens is 3. The standard InChI is InChI=1S/C15H9Cl2FO/c16-11-5-6-13(14(17)9-11)15(19)7-4-10-2-1-3-12(18)8-10/h1-9H/b7-4+. The molecule has 0 unspecified atom stereocenters. The number of benzene rings is 2. The summed E-state index contributed by atoms with van der Waals surface area (Å²) in [7, 11) is 0. The lowest BCUT2D eigenvalue weighted by atomic mass is 10.1. The highest BCUT2D eigenvalue weighted by Crippen LogP contribution is 2.21. The first-order valence-electron chi connectivity index (χ1n) is 5.49. The van der Waals surface area contributed by atoms with Crippen molar-refractivity contribution < 1.29 is 9.18 Å². The van der Waals surface area contributed by atoms with Crippen LogP contribution in [0, 0.1) is 5.82 Å². The van der Waals surface area contributed by atoms with Crippen molar-refractivity contribution in [2.45, 2.75) is 0 Å². The molecule has 19 heavy (non-hydrogen) atoms. The number of allylic oxidation sites excluding steroid dienone is 1. The molecule has 0 atom stereocenters. The van der Waals surface area contributed by atoms with Crippen LogP contribution in [0.25, 0.3) is 6.08 Å². The molecule has 2 aromatic carbocycles. The van der Waals surface area contributed by atoms with Gasteiger partial charge >= 0.3 is 0 Å². The van der Waals surface area contributed by atoms with Gasteiger partial charge in [0.25, 0.3) is 0 Å². The molecule has 0 spiro atoms. The highest BCUT2D eigenvalue weighted by Gasteiger charge is 2.07. The minimum atomic E-state index is -0.348. The van der Waals surface area contributed by atoms with Gasteiger partial charge in [-0.1, -0.05) is 41.4 Å². The quantitative estimate of drug-likeness (QED) is 0.573. The summed E-state index contributed by atoms with van der Waals surface area (Å²) in [6.45, 7) is 0. The van der Waals surface area contributed by atoms with Crippen LogP contribution in [-0.2, 0) is 0 Å². The summed E-state index contributed by atoms with van der Waals surface area (Å²) >= 11 is 11.7. The molecule has 1 nitrogen and oxygen atoms in total. The summed E-state index contributed by atoms with van der Waals surface area (Å²) < 4.78 is 13.0. The van der Waals surface area contributed by atoms with E-state index in [1.165, 1.54) is 30.4 Å². The van der Waals surface area contributed by atoms with E-state index in [0.29, 0.717) is 21.2 Å². The van der Waals surface area contributed by atoms with Gasteiger partial charge in [-0.25, -0.2) is 4.39 Å². The Kier molecular flexibility index (Phi) is 4.35. The number of carbonyl (C=O) groups excluding carboxylic acids is 1. The van der Waals surface area contributed by atoms with E-state index in [0.717, 1.165) is 0 Å². The molecule has 0 aliphatic rings. The molecular formula is C15H9Cl2FO. The molecule has 0 fully saturated rings. The number of hydrogen-bond acceptors (Lipinski definition) is 1. The van der Waals surface area contributed by atoms with Gasteiger partial charge in [0.2, 0.25) is 0 Å². The van der Waals surface area contributed by atoms with Gasteiger partial charge in [0.05, 0.1) is 5.02 Å². The van der Waals surface area contributed by atoms with Crippen LogP contribution in [0.2, 0.25) is 10.0 Å². The van der Waals surface area contributed by atoms with Crippen molar-refractivity contribution in [3.05, 3.63) is 75.5 Å². The van der Waals surface area contributed by atoms with Crippen LogP contribution < -0.4 is 0 Å². The van der Waals surface area contributed by atoms with Crippen molar-refractivity contribution in [3.8, 4) is 0 Å². The summed E-state index contributed by atoms with van der Waals surface area (Å²) in [5, 5.41) is 0.761. The SMILES string of the molecule is O=C(/C=C/c1cccc(F)c1)c1ccc(Cl)cc1Cl. The van der Waals surface area contributed by atoms with Crippen molar-refractivity contribution >= 4 is 35.1 Å². The molecule has 0 aromatic heterocycles. The Morgan fingerprint density at radius 2 is 1.89 bits per heavy atom. The minimum absolute atomic E-state index is 0.258. The molecule has 0 heterocycles. The molecule has 0 aliphatic carbocycles. The Morgan fingerprint density at radius 3 is 2.58 bits per heavy atom. The predicted molar refractivity (Wildman–Crippen MR) is 76.2 cm³/mol. The van der Waals surface area contributed by atoms with Gasteiger partial charge in [-0.05, 0) is 42.0 Å². The smallest absolute Gasteiger partial charge is 0.187 e. The molecule has 0 N–H and O–H groups in total. The van der Waals surface area contributed by atoms with Crippen LogP contribution in [0.1, 0.15) is 15.9 Å². The predicted octanol–water partition coefficient (Wildman–Crippen LogP) is 5.03. The lowest BCUT2D eigenvalue weighted by molar-refractivity contribution is 0.104. The molecule has 0 saturated heterocycles. The zero-order valence-electron chi connectivity index (χ0n) is 9.74. The summed E-state index contributed by atoms with van der Waals surface area (Å²) in [4.78, 5) is 11.9. The van der Waals surface area contributed by atoms with Crippen molar-refractivity contribution in [2.75, 3.05) is 0 Å². The van der Waals surface area contributed by atoms with Crippen molar-refractivity contribution in [3.63, 3.8) is 0 Å². The van der Waals surface area contributed by atoms with Crippen LogP contribution in [0.5, 0.6) is 0 Å². The van der Waals surface area contributed by atoms with Crippen molar-refractivity contribution in [1.82, 2.24) is 0 Å². The average Bonchev–Trinajstić information content (AvgIpc) is 2.36. The molecule has 0 bridgehead atoms. The summed E-state index contributed by atoms with van der Waals surface area (Å²) in [5.41, 5.74) is 0.970. The first kappa shape index (κ1) is 13.8. The van der Waals surface area contributed by atoms with E-state index in [9.17, 15) is 9.18 Å². The molecule has 96 valence electrons. The first-order valence-corrected chi connectivity index (χ1v) is 6.25. The van der Waals surface area contributed by atoms with Crippen molar-refractivity contribution in [2.24, 2.45) is 0 Å². The van der Waals surface area contributed by atoms with E-state index >= 15 is 0 Å². The number of carbonyl (C=O) groups is 1. The van der Waals surface area contributed by atoms with Crippen LogP contribution in [0.4, 0.5) is 4.39 Å². The molecule has 0 amide bonds. The van der Waals surface area contributed by atoms with Gasteiger partial charge in [-0.2, -0.15) is 0 Å². The van der Waals surface area contributed by atoms with Crippen LogP contribution in [-0.4, -0.2) is 5.78 Å². The molecule has 0 saturated carbocycles. The van der Waals surface area contributed by atoms with E-state index in [2.05, 4.69) is 0 Å². The second-order valence-electron chi connectivity index (χ2n) is 3.88. The zero-order valence-corrected chi connectivity index (χ0v) is 11.3. The van der Waals surface area contributed by atoms with E-state index in [-0.39, 0.29) is 11.6 Å². The molecule has 2 aromatic rings. The topological polar surface area (TPSA) is 17.1 Å². The second kappa shape index (κ2) is 6.00. The van der Waals surface area contributed by atoms with E-state index in [4.69, 9.17) is 23.2 Å². The Hall–Kier alpha value is -1.64. The normalized spacial score (nSPS) is 10.9. The Labute approximate surface area is 120 Å². The van der Waals surface area contributed by atoms with Gasteiger partial charge in [0.1, 0.15) is 5.82 Å². The minimum Gasteiger partial charge on any atom is -0.289 e. The van der Waals surface area contributed by atoms with E-state index in [1.807, 2.05) is 0 Å². The first-order chi connectivity index (χ1) is 9.06. The fourth-order valence-corrected chi connectivity index (χ4v) is 2.06. The van der Waals surface area contributed by atoms with Crippen LogP contribution >= 0.6 is 23.2 Å². The monoisotopic (exact) mass is 294 g/mol. The Balaban J connectivity index is 2.21. The van der Waals surface area contributed by atoms with Gasteiger partial charge < -0.3 is 0 Å². The maximum atomic E-state index is 13.0. The number of ketones is 1. The molecular weight excluding hydrogens is 286 g/mol. The van der Waals surface area contributed by atoms with Crippen LogP contribution in [0.15, 0.2) is 48.5 Å². The third-order valence-electron chi connectivity index (χ3n) is 2.47. The maximum Gasteiger partial charge on any atom is 0.187 e. The second-order valence-corrected chi connectivity index (χ2v) is 4.72. The number of rotatable bonds is 3. The van der Waals surface area contributed by atoms with Gasteiger partial charge in [0.15, 0.2) is 5.78 Å². The largest absolute Gasteiger partial charge is 0.289 e. The third kappa shape index (κ3) is 3.66. The third-order valence-corrected chi connectivity index (χ3v) is 3.02. The lowest BCUT2D eigenvalue weighted by Crippen LogP contribution is -1.95. The number of hydrogen-bond donors (Lipinski definition) is 0. The van der Waals surface area contributed by atoms with Crippen LogP contribution in [0.3, 0.4) is 0 Å². The van der Waals surface area contributed by atoms with E-state index in [1.54, 1.807) is 24.3 Å². The summed E-state index contributed by atoms with van der Waals surface area (Å²) in [6, 6.07) is 10.6. The van der Waals surface area contributed by atoms with E-state index < -0.39 is 0 Å². The molecule has 0 aliphatic heterocycles. The summed E-state index contributed by atoms with van der Waals surface area (Å²) in [6.07, 6.45) is 2.89. The van der Waals surface area contributed by atoms with Gasteiger partial charge in [-0.3, -0.25) is 4.79 Å². The summed E-state index contributed by atoms with van der Waals surface area (Å²) in [5.74, 6) is -0.606. The van der Waals surface area contributed by atoms with Gasteiger partial charge in [-0.15, -0.1) is 0 Å². The fourth-order valence-electron chi connectivity index (χ4n) is 1.56. The highest BCUT2D eigenvalue weighted by atomic mass is 35.5. The fraction of sp³-hybridized carbons (Fsp3) is 0. The Morgan fingerprint density at radius 1 is 1.11 bits per heavy atom. The highest BCUT2D eigenvalue weighted by molar-refractivity contribution is 6.37. The van der Waals surface area contributed by atoms with Gasteiger partial charge in [0, 0.05) is 10.6 Å².